The average molecular weight is 159 g/mol. The van der Waals surface area contributed by atoms with Gasteiger partial charge in [-0.05, 0) is 12.8 Å². The van der Waals surface area contributed by atoms with Crippen molar-refractivity contribution in [3.8, 4) is 0 Å². The fraction of sp³-hybridized carbons (Fsp3) is 0.857. The summed E-state index contributed by atoms with van der Waals surface area (Å²) in [7, 11) is 0. The number of aliphatic hydroxyl groups is 2. The van der Waals surface area contributed by atoms with Crippen LogP contribution in [0.25, 0.3) is 0 Å². The van der Waals surface area contributed by atoms with Gasteiger partial charge in [0.25, 0.3) is 0 Å². The van der Waals surface area contributed by atoms with Crippen molar-refractivity contribution in [1.82, 2.24) is 0 Å². The molecule has 1 rings (SSSR count). The van der Waals surface area contributed by atoms with Crippen LogP contribution in [-0.4, -0.2) is 42.0 Å². The molecule has 0 radical (unpaired) electrons. The van der Waals surface area contributed by atoms with Gasteiger partial charge in [-0.25, -0.2) is 4.99 Å². The molecule has 4 nitrogen and oxygen atoms in total. The molecule has 0 aromatic rings. The summed E-state index contributed by atoms with van der Waals surface area (Å²) in [6, 6.07) is 0. The highest BCUT2D eigenvalue weighted by Gasteiger charge is 2.31. The lowest BCUT2D eigenvalue weighted by Gasteiger charge is -2.21. The number of rotatable bonds is 4. The Morgan fingerprint density at radius 2 is 2.00 bits per heavy atom. The van der Waals surface area contributed by atoms with Gasteiger partial charge in [-0.1, -0.05) is 0 Å². The minimum Gasteiger partial charge on any atom is -0.481 e. The molecule has 0 unspecified atom stereocenters. The highest BCUT2D eigenvalue weighted by Crippen LogP contribution is 2.23. The van der Waals surface area contributed by atoms with E-state index >= 15 is 0 Å². The molecule has 0 atom stereocenters. The van der Waals surface area contributed by atoms with Crippen molar-refractivity contribution in [3.05, 3.63) is 0 Å². The Kier molecular flexibility index (Phi) is 2.84. The van der Waals surface area contributed by atoms with E-state index in [1.54, 1.807) is 0 Å². The number of ether oxygens (including phenoxy) is 1. The van der Waals surface area contributed by atoms with Crippen molar-refractivity contribution in [3.63, 3.8) is 0 Å². The number of nitrogens with zero attached hydrogens (tertiary/aromatic N) is 1. The molecule has 1 heterocycles. The molecule has 64 valence electrons. The minimum absolute atomic E-state index is 0.0840. The van der Waals surface area contributed by atoms with Crippen molar-refractivity contribution >= 4 is 6.40 Å². The summed E-state index contributed by atoms with van der Waals surface area (Å²) in [6.45, 7) is 0.648. The van der Waals surface area contributed by atoms with Crippen LogP contribution in [0.5, 0.6) is 0 Å². The van der Waals surface area contributed by atoms with E-state index in [2.05, 4.69) is 4.99 Å². The molecule has 0 aromatic heterocycles. The van der Waals surface area contributed by atoms with Gasteiger partial charge in [-0.15, -0.1) is 0 Å². The molecule has 0 aliphatic carbocycles. The summed E-state index contributed by atoms with van der Waals surface area (Å²) < 4.78 is 4.95. The first-order valence-corrected chi connectivity index (χ1v) is 3.70. The lowest BCUT2D eigenvalue weighted by atomic mass is 9.94. The second kappa shape index (κ2) is 3.69. The summed E-state index contributed by atoms with van der Waals surface area (Å²) in [4.78, 5) is 4.08. The van der Waals surface area contributed by atoms with Crippen molar-refractivity contribution in [2.24, 2.45) is 4.99 Å². The Morgan fingerprint density at radius 1 is 1.36 bits per heavy atom. The molecule has 4 heteroatoms. The molecule has 2 N–H and O–H groups in total. The summed E-state index contributed by atoms with van der Waals surface area (Å²) >= 11 is 0. The quantitative estimate of drug-likeness (QED) is 0.584. The highest BCUT2D eigenvalue weighted by atomic mass is 16.5. The number of hydrogen-bond donors (Lipinski definition) is 2. The normalized spacial score (nSPS) is 20.2. The first kappa shape index (κ1) is 8.49. The first-order chi connectivity index (χ1) is 5.33. The van der Waals surface area contributed by atoms with Gasteiger partial charge in [0.1, 0.15) is 12.1 Å². The number of hydrogen-bond acceptors (Lipinski definition) is 4. The van der Waals surface area contributed by atoms with Crippen LogP contribution >= 0.6 is 0 Å². The van der Waals surface area contributed by atoms with Crippen LogP contribution in [0, 0.1) is 0 Å². The summed E-state index contributed by atoms with van der Waals surface area (Å²) in [5, 5.41) is 17.4. The lowest BCUT2D eigenvalue weighted by molar-refractivity contribution is 0.162. The first-order valence-electron chi connectivity index (χ1n) is 3.70. The number of aliphatic imine (C=N–C) groups is 1. The van der Waals surface area contributed by atoms with Crippen LogP contribution in [0.1, 0.15) is 12.8 Å². The molecule has 11 heavy (non-hydrogen) atoms. The van der Waals surface area contributed by atoms with Crippen LogP contribution in [0.4, 0.5) is 0 Å². The predicted octanol–water partition coefficient (Wildman–Crippen LogP) is -0.452. The third-order valence-corrected chi connectivity index (χ3v) is 1.91. The third-order valence-electron chi connectivity index (χ3n) is 1.91. The second-order valence-corrected chi connectivity index (χ2v) is 2.72. The van der Waals surface area contributed by atoms with Crippen LogP contribution < -0.4 is 0 Å². The zero-order chi connectivity index (χ0) is 8.16. The van der Waals surface area contributed by atoms with Gasteiger partial charge in [-0.2, -0.15) is 0 Å². The van der Waals surface area contributed by atoms with Gasteiger partial charge < -0.3 is 14.9 Å². The fourth-order valence-electron chi connectivity index (χ4n) is 1.19. The van der Waals surface area contributed by atoms with Crippen molar-refractivity contribution < 1.29 is 14.9 Å². The Bertz CT molecular complexity index is 141. The average Bonchev–Trinajstić information content (AvgIpc) is 2.39. The smallest absolute Gasteiger partial charge is 0.170 e. The molecule has 0 fully saturated rings. The Morgan fingerprint density at radius 3 is 2.36 bits per heavy atom. The van der Waals surface area contributed by atoms with E-state index in [1.165, 1.54) is 6.40 Å². The van der Waals surface area contributed by atoms with Gasteiger partial charge in [0.05, 0.1) is 0 Å². The lowest BCUT2D eigenvalue weighted by Crippen LogP contribution is -2.30. The second-order valence-electron chi connectivity index (χ2n) is 2.72. The number of aliphatic hydroxyl groups excluding tert-OH is 2. The van der Waals surface area contributed by atoms with Crippen molar-refractivity contribution in [2.75, 3.05) is 19.8 Å². The van der Waals surface area contributed by atoms with Crippen molar-refractivity contribution in [1.29, 1.82) is 0 Å². The van der Waals surface area contributed by atoms with Gasteiger partial charge in [0.15, 0.2) is 6.40 Å². The van der Waals surface area contributed by atoms with E-state index in [0.717, 1.165) is 0 Å². The van der Waals surface area contributed by atoms with E-state index in [0.29, 0.717) is 19.4 Å². The Balaban J connectivity index is 2.48. The molecule has 1 aliphatic heterocycles. The SMILES string of the molecule is OCCC1(CCO)COC=N1. The molecule has 1 aliphatic rings. The van der Waals surface area contributed by atoms with Gasteiger partial charge in [0.2, 0.25) is 0 Å². The molecule has 0 aromatic carbocycles. The van der Waals surface area contributed by atoms with Gasteiger partial charge in [0, 0.05) is 13.2 Å². The molecule has 0 amide bonds. The fourth-order valence-corrected chi connectivity index (χ4v) is 1.19. The summed E-state index contributed by atoms with van der Waals surface area (Å²) in [5.74, 6) is 0. The van der Waals surface area contributed by atoms with Crippen LogP contribution in [-0.2, 0) is 4.74 Å². The molecule has 0 bridgehead atoms. The van der Waals surface area contributed by atoms with Gasteiger partial charge >= 0.3 is 0 Å². The van der Waals surface area contributed by atoms with E-state index in [9.17, 15) is 0 Å². The van der Waals surface area contributed by atoms with E-state index in [4.69, 9.17) is 14.9 Å². The van der Waals surface area contributed by atoms with Crippen LogP contribution in [0.3, 0.4) is 0 Å². The maximum absolute atomic E-state index is 8.71. The zero-order valence-corrected chi connectivity index (χ0v) is 6.36. The maximum atomic E-state index is 8.71. The van der Waals surface area contributed by atoms with Crippen LogP contribution in [0.15, 0.2) is 4.99 Å². The molecule has 0 saturated carbocycles. The van der Waals surface area contributed by atoms with Gasteiger partial charge in [-0.3, -0.25) is 0 Å². The maximum Gasteiger partial charge on any atom is 0.170 e. The zero-order valence-electron chi connectivity index (χ0n) is 6.36. The minimum atomic E-state index is -0.358. The van der Waals surface area contributed by atoms with Crippen LogP contribution in [0.2, 0.25) is 0 Å². The Hall–Kier alpha value is -0.610. The third kappa shape index (κ3) is 1.91. The molecular formula is C7H13NO3. The molecule has 0 saturated heterocycles. The standard InChI is InChI=1S/C7H13NO3/c9-3-1-7(2-4-10)5-11-6-8-7/h6,9-10H,1-5H2. The highest BCUT2D eigenvalue weighted by molar-refractivity contribution is 5.50. The summed E-state index contributed by atoms with van der Waals surface area (Å²) in [6.07, 6.45) is 2.51. The van der Waals surface area contributed by atoms with E-state index < -0.39 is 0 Å². The monoisotopic (exact) mass is 159 g/mol. The summed E-state index contributed by atoms with van der Waals surface area (Å²) in [5.41, 5.74) is -0.358. The Labute approximate surface area is 65.5 Å². The molecular weight excluding hydrogens is 146 g/mol. The van der Waals surface area contributed by atoms with Crippen molar-refractivity contribution in [2.45, 2.75) is 18.4 Å². The van der Waals surface area contributed by atoms with E-state index in [-0.39, 0.29) is 18.8 Å². The topological polar surface area (TPSA) is 62.0 Å². The molecule has 0 spiro atoms. The largest absolute Gasteiger partial charge is 0.481 e. The van der Waals surface area contributed by atoms with E-state index in [1.807, 2.05) is 0 Å². The predicted molar refractivity (Wildman–Crippen MR) is 40.6 cm³/mol.